The van der Waals surface area contributed by atoms with Crippen LogP contribution in [0.15, 0.2) is 90.0 Å². The summed E-state index contributed by atoms with van der Waals surface area (Å²) in [7, 11) is 0. The molecule has 5 nitrogen and oxygen atoms in total. The van der Waals surface area contributed by atoms with E-state index >= 15 is 0 Å². The van der Waals surface area contributed by atoms with E-state index in [1.54, 1.807) is 30.3 Å². The Morgan fingerprint density at radius 2 is 1.43 bits per heavy atom. The van der Waals surface area contributed by atoms with Crippen LogP contribution in [-0.2, 0) is 10.4 Å². The smallest absolute Gasteiger partial charge is 0.281 e. The van der Waals surface area contributed by atoms with E-state index in [1.807, 2.05) is 54.6 Å². The predicted molar refractivity (Wildman–Crippen MR) is 116 cm³/mol. The van der Waals surface area contributed by atoms with Crippen molar-refractivity contribution >= 4 is 22.9 Å². The van der Waals surface area contributed by atoms with E-state index in [1.165, 1.54) is 6.21 Å². The van der Waals surface area contributed by atoms with Crippen molar-refractivity contribution in [3.63, 3.8) is 0 Å². The Morgan fingerprint density at radius 3 is 2.13 bits per heavy atom. The van der Waals surface area contributed by atoms with Crippen LogP contribution >= 0.6 is 0 Å². The molecule has 3 N–H and O–H groups in total. The molecule has 0 atom stereocenters. The monoisotopic (exact) mass is 394 g/mol. The van der Waals surface area contributed by atoms with Crippen molar-refractivity contribution in [3.05, 3.63) is 102 Å². The first-order valence-electron chi connectivity index (χ1n) is 9.56. The van der Waals surface area contributed by atoms with Gasteiger partial charge in [-0.05, 0) is 28.0 Å². The third-order valence-corrected chi connectivity index (χ3v) is 5.56. The van der Waals surface area contributed by atoms with Crippen LogP contribution < -0.4 is 5.43 Å². The minimum absolute atomic E-state index is 0.0574. The minimum Gasteiger partial charge on any atom is -0.507 e. The van der Waals surface area contributed by atoms with Crippen LogP contribution in [0.2, 0.25) is 0 Å². The fourth-order valence-electron chi connectivity index (χ4n) is 4.11. The topological polar surface area (TPSA) is 81.9 Å². The summed E-state index contributed by atoms with van der Waals surface area (Å²) < 4.78 is 0. The molecule has 1 aliphatic carbocycles. The van der Waals surface area contributed by atoms with Gasteiger partial charge in [0.15, 0.2) is 5.60 Å². The van der Waals surface area contributed by atoms with Gasteiger partial charge in [0.1, 0.15) is 5.75 Å². The van der Waals surface area contributed by atoms with Crippen LogP contribution in [0, 0.1) is 0 Å². The van der Waals surface area contributed by atoms with Crippen LogP contribution in [0.1, 0.15) is 16.7 Å². The lowest BCUT2D eigenvalue weighted by molar-refractivity contribution is -0.136. The van der Waals surface area contributed by atoms with Gasteiger partial charge in [0.2, 0.25) is 0 Å². The van der Waals surface area contributed by atoms with Crippen LogP contribution in [0.4, 0.5) is 0 Å². The standard InChI is InChI=1S/C25H18N2O3/c28-23-14-13-16-7-1-2-8-17(16)20(23)15-26-27-24(29)25(30)21-11-5-3-9-18(21)19-10-4-6-12-22(19)25/h1-15,28,30H,(H,27,29). The van der Waals surface area contributed by atoms with Crippen molar-refractivity contribution in [2.45, 2.75) is 5.60 Å². The van der Waals surface area contributed by atoms with E-state index in [0.717, 1.165) is 21.9 Å². The van der Waals surface area contributed by atoms with E-state index in [9.17, 15) is 15.0 Å². The third-order valence-electron chi connectivity index (χ3n) is 5.56. The van der Waals surface area contributed by atoms with E-state index in [2.05, 4.69) is 10.5 Å². The molecule has 5 heteroatoms. The summed E-state index contributed by atoms with van der Waals surface area (Å²) in [5, 5.41) is 27.5. The number of phenols is 1. The zero-order chi connectivity index (χ0) is 20.7. The van der Waals surface area contributed by atoms with Gasteiger partial charge in [-0.1, -0.05) is 78.9 Å². The number of nitrogens with zero attached hydrogens (tertiary/aromatic N) is 1. The van der Waals surface area contributed by atoms with Crippen molar-refractivity contribution < 1.29 is 15.0 Å². The second-order valence-corrected chi connectivity index (χ2v) is 7.22. The number of amides is 1. The largest absolute Gasteiger partial charge is 0.507 e. The highest BCUT2D eigenvalue weighted by molar-refractivity contribution is 6.03. The number of fused-ring (bicyclic) bond motifs is 4. The number of rotatable bonds is 3. The number of nitrogens with one attached hydrogen (secondary N) is 1. The van der Waals surface area contributed by atoms with Crippen molar-refractivity contribution in [2.24, 2.45) is 5.10 Å². The molecule has 1 aliphatic rings. The van der Waals surface area contributed by atoms with Gasteiger partial charge in [0.05, 0.1) is 6.21 Å². The minimum atomic E-state index is -1.84. The zero-order valence-electron chi connectivity index (χ0n) is 15.9. The Labute approximate surface area is 172 Å². The van der Waals surface area contributed by atoms with Gasteiger partial charge < -0.3 is 10.2 Å². The second-order valence-electron chi connectivity index (χ2n) is 7.22. The Balaban J connectivity index is 1.51. The van der Waals surface area contributed by atoms with Crippen LogP contribution in [0.5, 0.6) is 5.75 Å². The lowest BCUT2D eigenvalue weighted by Crippen LogP contribution is -2.42. The molecule has 0 radical (unpaired) electrons. The number of hydrogen-bond donors (Lipinski definition) is 3. The molecule has 0 fully saturated rings. The molecule has 0 aromatic heterocycles. The number of hydrogen-bond acceptors (Lipinski definition) is 4. The van der Waals surface area contributed by atoms with E-state index < -0.39 is 11.5 Å². The number of carbonyl (C=O) groups excluding carboxylic acids is 1. The summed E-state index contributed by atoms with van der Waals surface area (Å²) in [6, 6.07) is 25.6. The molecule has 1 amide bonds. The molecule has 0 saturated heterocycles. The Kier molecular flexibility index (Phi) is 4.12. The quantitative estimate of drug-likeness (QED) is 0.364. The number of hydrazone groups is 1. The normalized spacial score (nSPS) is 13.9. The number of phenolic OH excluding ortho intramolecular Hbond substituents is 1. The molecule has 30 heavy (non-hydrogen) atoms. The summed E-state index contributed by atoms with van der Waals surface area (Å²) >= 11 is 0. The summed E-state index contributed by atoms with van der Waals surface area (Å²) in [4.78, 5) is 13.1. The fourth-order valence-corrected chi connectivity index (χ4v) is 4.11. The summed E-state index contributed by atoms with van der Waals surface area (Å²) in [6.07, 6.45) is 1.39. The lowest BCUT2D eigenvalue weighted by Gasteiger charge is -2.23. The van der Waals surface area contributed by atoms with Crippen LogP contribution in [-0.4, -0.2) is 22.3 Å². The highest BCUT2D eigenvalue weighted by Gasteiger charge is 2.47. The fraction of sp³-hybridized carbons (Fsp3) is 0.0400. The van der Waals surface area contributed by atoms with Crippen molar-refractivity contribution in [1.29, 1.82) is 0 Å². The molecule has 0 aliphatic heterocycles. The molecule has 146 valence electrons. The highest BCUT2D eigenvalue weighted by atomic mass is 16.3. The number of aromatic hydroxyl groups is 1. The van der Waals surface area contributed by atoms with Gasteiger partial charge >= 0.3 is 0 Å². The van der Waals surface area contributed by atoms with Gasteiger partial charge in [-0.15, -0.1) is 0 Å². The molecule has 5 rings (SSSR count). The molecule has 4 aromatic rings. The molecule has 4 aromatic carbocycles. The van der Waals surface area contributed by atoms with Gasteiger partial charge in [-0.3, -0.25) is 4.79 Å². The van der Waals surface area contributed by atoms with Gasteiger partial charge in [0.25, 0.3) is 5.91 Å². The van der Waals surface area contributed by atoms with Crippen molar-refractivity contribution in [3.8, 4) is 16.9 Å². The Hall–Kier alpha value is -3.96. The van der Waals surface area contributed by atoms with Crippen LogP contribution in [0.3, 0.4) is 0 Å². The molecular weight excluding hydrogens is 376 g/mol. The van der Waals surface area contributed by atoms with Gasteiger partial charge in [-0.25, -0.2) is 5.43 Å². The first-order chi connectivity index (χ1) is 14.6. The maximum atomic E-state index is 13.1. The SMILES string of the molecule is O=C(NN=Cc1c(O)ccc2ccccc12)C1(O)c2ccccc2-c2ccccc21. The molecule has 0 saturated carbocycles. The molecular formula is C25H18N2O3. The zero-order valence-corrected chi connectivity index (χ0v) is 15.9. The summed E-state index contributed by atoms with van der Waals surface area (Å²) in [5.41, 5.74) is 3.79. The molecule has 0 unspecified atom stereocenters. The average molecular weight is 394 g/mol. The van der Waals surface area contributed by atoms with E-state index in [4.69, 9.17) is 0 Å². The van der Waals surface area contributed by atoms with E-state index in [0.29, 0.717) is 16.7 Å². The van der Waals surface area contributed by atoms with Crippen molar-refractivity contribution in [1.82, 2.24) is 5.43 Å². The predicted octanol–water partition coefficient (Wildman–Crippen LogP) is 3.91. The average Bonchev–Trinajstić information content (AvgIpc) is 3.05. The number of benzene rings is 4. The van der Waals surface area contributed by atoms with Crippen LogP contribution in [0.25, 0.3) is 21.9 Å². The Morgan fingerprint density at radius 1 is 0.833 bits per heavy atom. The highest BCUT2D eigenvalue weighted by Crippen LogP contribution is 2.47. The first-order valence-corrected chi connectivity index (χ1v) is 9.56. The van der Waals surface area contributed by atoms with E-state index in [-0.39, 0.29) is 5.75 Å². The molecule has 0 spiro atoms. The third kappa shape index (κ3) is 2.60. The van der Waals surface area contributed by atoms with Crippen molar-refractivity contribution in [2.75, 3.05) is 0 Å². The maximum absolute atomic E-state index is 13.1. The summed E-state index contributed by atoms with van der Waals surface area (Å²) in [6.45, 7) is 0. The molecule has 0 bridgehead atoms. The second kappa shape index (κ2) is 6.83. The Bertz CT molecular complexity index is 1280. The van der Waals surface area contributed by atoms with Gasteiger partial charge in [0, 0.05) is 16.7 Å². The summed E-state index contributed by atoms with van der Waals surface area (Å²) in [5.74, 6) is -0.599. The maximum Gasteiger partial charge on any atom is 0.281 e. The number of aliphatic hydroxyl groups is 1. The molecule has 0 heterocycles. The lowest BCUT2D eigenvalue weighted by atomic mass is 9.91. The first kappa shape index (κ1) is 18.1. The number of carbonyl (C=O) groups is 1. The van der Waals surface area contributed by atoms with Gasteiger partial charge in [-0.2, -0.15) is 5.10 Å².